The molecule has 0 fully saturated rings. The first kappa shape index (κ1) is 12.5. The Morgan fingerprint density at radius 2 is 2.14 bits per heavy atom. The largest absolute Gasteiger partial charge is 0.370 e. The number of thiazole rings is 1. The van der Waals surface area contributed by atoms with E-state index in [0.29, 0.717) is 0 Å². The average Bonchev–Trinajstić information content (AvgIpc) is 3.17. The van der Waals surface area contributed by atoms with Crippen LogP contribution in [0.1, 0.15) is 23.0 Å². The van der Waals surface area contributed by atoms with Gasteiger partial charge in [-0.1, -0.05) is 0 Å². The molecular weight excluding hydrogens is 282 g/mol. The van der Waals surface area contributed by atoms with Crippen molar-refractivity contribution in [2.75, 3.05) is 11.9 Å². The van der Waals surface area contributed by atoms with Gasteiger partial charge in [-0.25, -0.2) is 9.67 Å². The summed E-state index contributed by atoms with van der Waals surface area (Å²) in [6.07, 6.45) is 6.48. The van der Waals surface area contributed by atoms with Gasteiger partial charge in [0.2, 0.25) is 0 Å². The molecule has 0 bridgehead atoms. The molecule has 3 aromatic rings. The van der Waals surface area contributed by atoms with Gasteiger partial charge in [-0.2, -0.15) is 5.10 Å². The molecule has 0 aromatic carbocycles. The number of nitrogens with zero attached hydrogens (tertiary/aromatic N) is 4. The third-order valence-electron chi connectivity index (χ3n) is 3.84. The van der Waals surface area contributed by atoms with Crippen molar-refractivity contribution in [3.8, 4) is 11.3 Å². The topological polar surface area (TPSA) is 55.6 Å². The SMILES string of the molecule is Cc1c(-c2ccncc2)nn2c1NCCC2c1nccs1. The lowest BCUT2D eigenvalue weighted by Crippen LogP contribution is -2.24. The molecule has 106 valence electrons. The molecule has 0 saturated heterocycles. The fourth-order valence-electron chi connectivity index (χ4n) is 2.82. The van der Waals surface area contributed by atoms with E-state index in [1.165, 1.54) is 5.56 Å². The second-order valence-corrected chi connectivity index (χ2v) is 6.03. The van der Waals surface area contributed by atoms with Crippen LogP contribution in [0.5, 0.6) is 0 Å². The summed E-state index contributed by atoms with van der Waals surface area (Å²) in [7, 11) is 0. The Morgan fingerprint density at radius 3 is 2.90 bits per heavy atom. The van der Waals surface area contributed by atoms with Crippen molar-refractivity contribution in [1.29, 1.82) is 0 Å². The summed E-state index contributed by atoms with van der Waals surface area (Å²) in [6.45, 7) is 3.07. The van der Waals surface area contributed by atoms with Crippen molar-refractivity contribution in [3.63, 3.8) is 0 Å². The number of rotatable bonds is 2. The highest BCUT2D eigenvalue weighted by atomic mass is 32.1. The van der Waals surface area contributed by atoms with Crippen LogP contribution in [0.4, 0.5) is 5.82 Å². The summed E-state index contributed by atoms with van der Waals surface area (Å²) in [6, 6.07) is 4.23. The Bertz CT molecular complexity index is 748. The summed E-state index contributed by atoms with van der Waals surface area (Å²) < 4.78 is 2.09. The van der Waals surface area contributed by atoms with Gasteiger partial charge in [-0.3, -0.25) is 4.98 Å². The van der Waals surface area contributed by atoms with Crippen LogP contribution in [-0.2, 0) is 0 Å². The molecule has 0 amide bonds. The molecule has 0 spiro atoms. The van der Waals surface area contributed by atoms with Crippen molar-refractivity contribution in [1.82, 2.24) is 19.7 Å². The van der Waals surface area contributed by atoms with Crippen LogP contribution >= 0.6 is 11.3 Å². The van der Waals surface area contributed by atoms with Gasteiger partial charge >= 0.3 is 0 Å². The van der Waals surface area contributed by atoms with Gasteiger partial charge in [0, 0.05) is 41.6 Å². The van der Waals surface area contributed by atoms with Crippen molar-refractivity contribution >= 4 is 17.2 Å². The number of fused-ring (bicyclic) bond motifs is 1. The Balaban J connectivity index is 1.84. The fraction of sp³-hybridized carbons (Fsp3) is 0.267. The summed E-state index contributed by atoms with van der Waals surface area (Å²) in [5.41, 5.74) is 3.30. The molecule has 1 atom stereocenters. The number of aromatic nitrogens is 4. The molecule has 1 unspecified atom stereocenters. The van der Waals surface area contributed by atoms with Crippen LogP contribution in [0, 0.1) is 6.92 Å². The first-order valence-corrected chi connectivity index (χ1v) is 7.85. The van der Waals surface area contributed by atoms with E-state index in [1.54, 1.807) is 23.7 Å². The minimum Gasteiger partial charge on any atom is -0.370 e. The van der Waals surface area contributed by atoms with E-state index in [4.69, 9.17) is 5.10 Å². The normalized spacial score (nSPS) is 17.3. The molecule has 4 heterocycles. The lowest BCUT2D eigenvalue weighted by atomic mass is 10.1. The highest BCUT2D eigenvalue weighted by Crippen LogP contribution is 2.36. The Morgan fingerprint density at radius 1 is 1.29 bits per heavy atom. The van der Waals surface area contributed by atoms with E-state index < -0.39 is 0 Å². The second-order valence-electron chi connectivity index (χ2n) is 5.10. The molecule has 6 heteroatoms. The third-order valence-corrected chi connectivity index (χ3v) is 4.72. The van der Waals surface area contributed by atoms with Crippen LogP contribution in [0.2, 0.25) is 0 Å². The summed E-state index contributed by atoms with van der Waals surface area (Å²) in [4.78, 5) is 8.55. The average molecular weight is 297 g/mol. The lowest BCUT2D eigenvalue weighted by molar-refractivity contribution is 0.481. The molecule has 1 N–H and O–H groups in total. The van der Waals surface area contributed by atoms with Crippen LogP contribution in [-0.4, -0.2) is 26.3 Å². The van der Waals surface area contributed by atoms with Gasteiger partial charge in [0.15, 0.2) is 0 Å². The van der Waals surface area contributed by atoms with Crippen LogP contribution in [0.15, 0.2) is 36.1 Å². The summed E-state index contributed by atoms with van der Waals surface area (Å²) >= 11 is 1.69. The molecule has 1 aliphatic heterocycles. The maximum absolute atomic E-state index is 4.85. The van der Waals surface area contributed by atoms with E-state index in [-0.39, 0.29) is 6.04 Å². The minimum absolute atomic E-state index is 0.232. The third kappa shape index (κ3) is 2.03. The van der Waals surface area contributed by atoms with Gasteiger partial charge in [0.1, 0.15) is 16.9 Å². The molecule has 0 aliphatic carbocycles. The van der Waals surface area contributed by atoms with E-state index in [1.807, 2.05) is 23.7 Å². The second kappa shape index (κ2) is 4.96. The predicted octanol–water partition coefficient (Wildman–Crippen LogP) is 3.12. The number of hydrogen-bond acceptors (Lipinski definition) is 5. The smallest absolute Gasteiger partial charge is 0.128 e. The van der Waals surface area contributed by atoms with Gasteiger partial charge in [0.25, 0.3) is 0 Å². The van der Waals surface area contributed by atoms with Crippen molar-refractivity contribution < 1.29 is 0 Å². The Labute approximate surface area is 126 Å². The predicted molar refractivity (Wildman–Crippen MR) is 83.6 cm³/mol. The van der Waals surface area contributed by atoms with Gasteiger partial charge in [-0.05, 0) is 25.5 Å². The molecule has 1 aliphatic rings. The molecule has 5 nitrogen and oxygen atoms in total. The zero-order valence-electron chi connectivity index (χ0n) is 11.7. The highest BCUT2D eigenvalue weighted by molar-refractivity contribution is 7.09. The van der Waals surface area contributed by atoms with Crippen LogP contribution < -0.4 is 5.32 Å². The summed E-state index contributed by atoms with van der Waals surface area (Å²) in [5.74, 6) is 1.10. The minimum atomic E-state index is 0.232. The van der Waals surface area contributed by atoms with Crippen LogP contribution in [0.25, 0.3) is 11.3 Å². The van der Waals surface area contributed by atoms with Crippen molar-refractivity contribution in [2.45, 2.75) is 19.4 Å². The first-order chi connectivity index (χ1) is 10.3. The highest BCUT2D eigenvalue weighted by Gasteiger charge is 2.27. The van der Waals surface area contributed by atoms with Crippen molar-refractivity contribution in [2.24, 2.45) is 0 Å². The number of anilines is 1. The quantitative estimate of drug-likeness (QED) is 0.789. The number of hydrogen-bond donors (Lipinski definition) is 1. The first-order valence-electron chi connectivity index (χ1n) is 6.97. The van der Waals surface area contributed by atoms with E-state index in [0.717, 1.165) is 35.0 Å². The van der Waals surface area contributed by atoms with Gasteiger partial charge < -0.3 is 5.32 Å². The zero-order chi connectivity index (χ0) is 14.2. The lowest BCUT2D eigenvalue weighted by Gasteiger charge is -2.24. The molecule has 21 heavy (non-hydrogen) atoms. The fourth-order valence-corrected chi connectivity index (χ4v) is 3.57. The van der Waals surface area contributed by atoms with E-state index in [9.17, 15) is 0 Å². The van der Waals surface area contributed by atoms with Crippen LogP contribution in [0.3, 0.4) is 0 Å². The van der Waals surface area contributed by atoms with Gasteiger partial charge in [-0.15, -0.1) is 11.3 Å². The molecule has 0 saturated carbocycles. The Kier molecular flexibility index (Phi) is 2.96. The zero-order valence-corrected chi connectivity index (χ0v) is 12.5. The number of nitrogens with one attached hydrogen (secondary N) is 1. The number of pyridine rings is 1. The maximum atomic E-state index is 4.85. The van der Waals surface area contributed by atoms with Crippen molar-refractivity contribution in [3.05, 3.63) is 46.7 Å². The maximum Gasteiger partial charge on any atom is 0.128 e. The molecule has 0 radical (unpaired) electrons. The molecular formula is C15H15N5S. The van der Waals surface area contributed by atoms with E-state index >= 15 is 0 Å². The van der Waals surface area contributed by atoms with E-state index in [2.05, 4.69) is 26.9 Å². The molecule has 4 rings (SSSR count). The summed E-state index contributed by atoms with van der Waals surface area (Å²) in [5, 5.41) is 11.5. The van der Waals surface area contributed by atoms with Gasteiger partial charge in [0.05, 0.1) is 5.69 Å². The standard InChI is InChI=1S/C15H15N5S/c1-10-13(11-2-5-16-6-3-11)19-20-12(4-7-17-14(10)20)15-18-8-9-21-15/h2-3,5-6,8-9,12,17H,4,7H2,1H3. The monoisotopic (exact) mass is 297 g/mol. The Hall–Kier alpha value is -2.21. The molecule has 3 aromatic heterocycles.